The first-order chi connectivity index (χ1) is 6.95. The SMILES string of the molecule is C=C/C=C/CCCNC(=O)OC(C)(C)C. The molecule has 1 amide bonds. The number of allylic oxidation sites excluding steroid dienone is 3. The van der Waals surface area contributed by atoms with Gasteiger partial charge in [0.1, 0.15) is 5.60 Å². The molecule has 0 aliphatic carbocycles. The van der Waals surface area contributed by atoms with Crippen LogP contribution in [0.1, 0.15) is 33.6 Å². The molecule has 0 radical (unpaired) electrons. The Labute approximate surface area is 92.2 Å². The third-order valence-electron chi connectivity index (χ3n) is 1.49. The highest BCUT2D eigenvalue weighted by Gasteiger charge is 2.15. The number of nitrogens with one attached hydrogen (secondary N) is 1. The van der Waals surface area contributed by atoms with E-state index in [-0.39, 0.29) is 6.09 Å². The molecule has 0 spiro atoms. The van der Waals surface area contributed by atoms with Crippen molar-refractivity contribution in [3.8, 4) is 0 Å². The van der Waals surface area contributed by atoms with Crippen molar-refractivity contribution in [2.75, 3.05) is 6.54 Å². The lowest BCUT2D eigenvalue weighted by atomic mass is 10.2. The maximum Gasteiger partial charge on any atom is 0.407 e. The molecule has 0 unspecified atom stereocenters. The van der Waals surface area contributed by atoms with Gasteiger partial charge >= 0.3 is 6.09 Å². The molecule has 86 valence electrons. The summed E-state index contributed by atoms with van der Waals surface area (Å²) in [5, 5.41) is 2.70. The molecular formula is C12H21NO2. The molecule has 0 rings (SSSR count). The molecule has 0 aromatic carbocycles. The largest absolute Gasteiger partial charge is 0.444 e. The predicted octanol–water partition coefficient (Wildman–Crippen LogP) is 3.03. The molecule has 0 atom stereocenters. The van der Waals surface area contributed by atoms with Gasteiger partial charge in [0.25, 0.3) is 0 Å². The topological polar surface area (TPSA) is 38.3 Å². The third kappa shape index (κ3) is 10.7. The minimum absolute atomic E-state index is 0.352. The van der Waals surface area contributed by atoms with Gasteiger partial charge in [-0.3, -0.25) is 0 Å². The highest BCUT2D eigenvalue weighted by molar-refractivity contribution is 5.67. The third-order valence-corrected chi connectivity index (χ3v) is 1.49. The van der Waals surface area contributed by atoms with Gasteiger partial charge < -0.3 is 10.1 Å². The highest BCUT2D eigenvalue weighted by Crippen LogP contribution is 2.06. The minimum atomic E-state index is -0.424. The monoisotopic (exact) mass is 211 g/mol. The van der Waals surface area contributed by atoms with E-state index in [0.717, 1.165) is 12.8 Å². The Bertz CT molecular complexity index is 226. The number of amides is 1. The summed E-state index contributed by atoms with van der Waals surface area (Å²) in [5.74, 6) is 0. The fourth-order valence-electron chi connectivity index (χ4n) is 0.917. The van der Waals surface area contributed by atoms with Gasteiger partial charge in [-0.25, -0.2) is 4.79 Å². The maximum atomic E-state index is 11.2. The molecule has 0 aromatic rings. The van der Waals surface area contributed by atoms with Crippen LogP contribution in [0.25, 0.3) is 0 Å². The van der Waals surface area contributed by atoms with Crippen molar-refractivity contribution in [2.24, 2.45) is 0 Å². The van der Waals surface area contributed by atoms with E-state index in [1.807, 2.05) is 32.9 Å². The molecule has 0 fully saturated rings. The van der Waals surface area contributed by atoms with Crippen LogP contribution >= 0.6 is 0 Å². The summed E-state index contributed by atoms with van der Waals surface area (Å²) in [7, 11) is 0. The van der Waals surface area contributed by atoms with Gasteiger partial charge in [-0.1, -0.05) is 24.8 Å². The number of carbonyl (C=O) groups excluding carboxylic acids is 1. The Morgan fingerprint density at radius 3 is 2.67 bits per heavy atom. The lowest BCUT2D eigenvalue weighted by Gasteiger charge is -2.19. The standard InChI is InChI=1S/C12H21NO2/c1-5-6-7-8-9-10-13-11(14)15-12(2,3)4/h5-7H,1,8-10H2,2-4H3,(H,13,14)/b7-6+. The van der Waals surface area contributed by atoms with Gasteiger partial charge in [0.05, 0.1) is 0 Å². The Morgan fingerprint density at radius 1 is 1.47 bits per heavy atom. The van der Waals surface area contributed by atoms with Crippen molar-refractivity contribution >= 4 is 6.09 Å². The van der Waals surface area contributed by atoms with Crippen molar-refractivity contribution in [3.63, 3.8) is 0 Å². The molecule has 0 heterocycles. The number of unbranched alkanes of at least 4 members (excludes halogenated alkanes) is 1. The summed E-state index contributed by atoms with van der Waals surface area (Å²) < 4.78 is 5.08. The lowest BCUT2D eigenvalue weighted by molar-refractivity contribution is 0.0527. The average molecular weight is 211 g/mol. The van der Waals surface area contributed by atoms with Gasteiger partial charge in [-0.15, -0.1) is 0 Å². The van der Waals surface area contributed by atoms with Crippen LogP contribution in [-0.2, 0) is 4.74 Å². The number of hydrogen-bond acceptors (Lipinski definition) is 2. The average Bonchev–Trinajstić information content (AvgIpc) is 2.08. The van der Waals surface area contributed by atoms with Gasteiger partial charge in [-0.2, -0.15) is 0 Å². The second-order valence-corrected chi connectivity index (χ2v) is 4.23. The molecule has 1 N–H and O–H groups in total. The Balaban J connectivity index is 3.48. The molecule has 0 aromatic heterocycles. The Morgan fingerprint density at radius 2 is 2.13 bits per heavy atom. The van der Waals surface area contributed by atoms with Crippen LogP contribution in [0.5, 0.6) is 0 Å². The van der Waals surface area contributed by atoms with Crippen LogP contribution in [0, 0.1) is 0 Å². The smallest absolute Gasteiger partial charge is 0.407 e. The zero-order valence-corrected chi connectivity index (χ0v) is 9.88. The first-order valence-electron chi connectivity index (χ1n) is 5.20. The fourth-order valence-corrected chi connectivity index (χ4v) is 0.917. The van der Waals surface area contributed by atoms with Gasteiger partial charge in [0, 0.05) is 6.54 Å². The van der Waals surface area contributed by atoms with Gasteiger partial charge in [-0.05, 0) is 33.6 Å². The van der Waals surface area contributed by atoms with Crippen LogP contribution in [-0.4, -0.2) is 18.2 Å². The maximum absolute atomic E-state index is 11.2. The second-order valence-electron chi connectivity index (χ2n) is 4.23. The van der Waals surface area contributed by atoms with E-state index in [1.165, 1.54) is 0 Å². The predicted molar refractivity (Wildman–Crippen MR) is 62.8 cm³/mol. The molecule has 0 bridgehead atoms. The van der Waals surface area contributed by atoms with E-state index in [0.29, 0.717) is 6.54 Å². The molecule has 0 saturated carbocycles. The summed E-state index contributed by atoms with van der Waals surface area (Å²) in [6, 6.07) is 0. The van der Waals surface area contributed by atoms with E-state index >= 15 is 0 Å². The van der Waals surface area contributed by atoms with Crippen molar-refractivity contribution in [1.29, 1.82) is 0 Å². The number of rotatable bonds is 5. The summed E-state index contributed by atoms with van der Waals surface area (Å²) in [5.41, 5.74) is -0.424. The van der Waals surface area contributed by atoms with E-state index < -0.39 is 5.60 Å². The van der Waals surface area contributed by atoms with E-state index in [1.54, 1.807) is 6.08 Å². The number of alkyl carbamates (subject to hydrolysis) is 1. The Hall–Kier alpha value is -1.25. The van der Waals surface area contributed by atoms with Crippen LogP contribution < -0.4 is 5.32 Å². The number of carbonyl (C=O) groups is 1. The zero-order chi connectivity index (χ0) is 11.7. The second kappa shape index (κ2) is 7.10. The summed E-state index contributed by atoms with van der Waals surface area (Å²) >= 11 is 0. The zero-order valence-electron chi connectivity index (χ0n) is 9.88. The van der Waals surface area contributed by atoms with Crippen LogP contribution in [0.4, 0.5) is 4.79 Å². The first-order valence-corrected chi connectivity index (χ1v) is 5.20. The number of hydrogen-bond donors (Lipinski definition) is 1. The van der Waals surface area contributed by atoms with E-state index in [4.69, 9.17) is 4.74 Å². The number of ether oxygens (including phenoxy) is 1. The quantitative estimate of drug-likeness (QED) is 0.560. The van der Waals surface area contributed by atoms with E-state index in [2.05, 4.69) is 11.9 Å². The highest BCUT2D eigenvalue weighted by atomic mass is 16.6. The summed E-state index contributed by atoms with van der Waals surface area (Å²) in [4.78, 5) is 11.2. The molecule has 15 heavy (non-hydrogen) atoms. The van der Waals surface area contributed by atoms with Crippen LogP contribution in [0.15, 0.2) is 24.8 Å². The lowest BCUT2D eigenvalue weighted by Crippen LogP contribution is -2.32. The minimum Gasteiger partial charge on any atom is -0.444 e. The molecular weight excluding hydrogens is 190 g/mol. The van der Waals surface area contributed by atoms with Crippen LogP contribution in [0.3, 0.4) is 0 Å². The van der Waals surface area contributed by atoms with Crippen molar-refractivity contribution in [1.82, 2.24) is 5.32 Å². The summed E-state index contributed by atoms with van der Waals surface area (Å²) in [6.07, 6.45) is 7.14. The first kappa shape index (κ1) is 13.8. The molecule has 0 saturated heterocycles. The van der Waals surface area contributed by atoms with E-state index in [9.17, 15) is 4.79 Å². The molecule has 3 nitrogen and oxygen atoms in total. The molecule has 0 aliphatic rings. The Kier molecular flexibility index (Phi) is 6.50. The van der Waals surface area contributed by atoms with Crippen molar-refractivity contribution in [2.45, 2.75) is 39.2 Å². The van der Waals surface area contributed by atoms with Crippen molar-refractivity contribution in [3.05, 3.63) is 24.8 Å². The van der Waals surface area contributed by atoms with Gasteiger partial charge in [0.2, 0.25) is 0 Å². The van der Waals surface area contributed by atoms with Crippen LogP contribution in [0.2, 0.25) is 0 Å². The fraction of sp³-hybridized carbons (Fsp3) is 0.583. The summed E-state index contributed by atoms with van der Waals surface area (Å²) in [6.45, 7) is 9.75. The van der Waals surface area contributed by atoms with Gasteiger partial charge in [0.15, 0.2) is 0 Å². The van der Waals surface area contributed by atoms with Crippen molar-refractivity contribution < 1.29 is 9.53 Å². The molecule has 3 heteroatoms. The molecule has 0 aliphatic heterocycles. The normalized spacial score (nSPS) is 11.4.